The van der Waals surface area contributed by atoms with Gasteiger partial charge in [-0.05, 0) is 50.9 Å². The summed E-state index contributed by atoms with van der Waals surface area (Å²) in [5.74, 6) is 0. The van der Waals surface area contributed by atoms with Crippen LogP contribution < -0.4 is 0 Å². The summed E-state index contributed by atoms with van der Waals surface area (Å²) in [4.78, 5) is 0. The highest BCUT2D eigenvalue weighted by Gasteiger charge is 2.31. The fraction of sp³-hybridized carbons (Fsp3) is 1.00. The number of hydrogen-bond acceptors (Lipinski definition) is 4. The molecule has 0 aromatic rings. The minimum atomic E-state index is -1.87. The number of rotatable bonds is 24. The van der Waals surface area contributed by atoms with Crippen LogP contribution in [0.4, 0.5) is 0 Å². The highest BCUT2D eigenvalue weighted by atomic mass is 28.4. The maximum Gasteiger partial charge on any atom is 0.334 e. The third kappa shape index (κ3) is 24.0. The zero-order valence-corrected chi connectivity index (χ0v) is 26.8. The fourth-order valence-corrected chi connectivity index (χ4v) is 8.90. The normalized spacial score (nSPS) is 12.0. The first-order valence-electron chi connectivity index (χ1n) is 14.9. The first-order chi connectivity index (χ1) is 16.4. The molecule has 0 bridgehead atoms. The van der Waals surface area contributed by atoms with Crippen molar-refractivity contribution in [1.82, 2.24) is 0 Å². The van der Waals surface area contributed by atoms with E-state index in [1.807, 2.05) is 0 Å². The zero-order chi connectivity index (χ0) is 26.0. The lowest BCUT2D eigenvalue weighted by Gasteiger charge is -2.27. The summed E-state index contributed by atoms with van der Waals surface area (Å²) < 4.78 is 23.9. The van der Waals surface area contributed by atoms with Gasteiger partial charge in [0.05, 0.1) is 0 Å². The van der Waals surface area contributed by atoms with Crippen molar-refractivity contribution in [2.24, 2.45) is 0 Å². The van der Waals surface area contributed by atoms with E-state index in [0.717, 1.165) is 58.2 Å². The van der Waals surface area contributed by atoms with Gasteiger partial charge in [0.2, 0.25) is 0 Å². The van der Waals surface area contributed by atoms with Gasteiger partial charge in [0.15, 0.2) is 0 Å². The molecule has 0 N–H and O–H groups in total. The smallest absolute Gasteiger partial charge is 0.334 e. The zero-order valence-electron chi connectivity index (χ0n) is 24.8. The van der Waals surface area contributed by atoms with Gasteiger partial charge in [-0.3, -0.25) is 0 Å². The third-order valence-electron chi connectivity index (χ3n) is 5.91. The van der Waals surface area contributed by atoms with E-state index in [0.29, 0.717) is 0 Å². The van der Waals surface area contributed by atoms with E-state index >= 15 is 0 Å². The van der Waals surface area contributed by atoms with E-state index in [1.54, 1.807) is 0 Å². The van der Waals surface area contributed by atoms with Crippen LogP contribution in [0.15, 0.2) is 0 Å². The summed E-state index contributed by atoms with van der Waals surface area (Å²) in [5.41, 5.74) is 0. The van der Waals surface area contributed by atoms with Crippen molar-refractivity contribution in [3.8, 4) is 0 Å². The molecule has 0 saturated heterocycles. The maximum atomic E-state index is 6.06. The Morgan fingerprint density at radius 3 is 0.971 bits per heavy atom. The number of hydrogen-bond donors (Lipinski definition) is 0. The van der Waals surface area contributed by atoms with E-state index in [4.69, 9.17) is 17.7 Å². The van der Waals surface area contributed by atoms with Crippen molar-refractivity contribution in [1.29, 1.82) is 0 Å². The number of unbranched alkanes of at least 4 members (excludes halogenated alkanes) is 8. The van der Waals surface area contributed by atoms with Gasteiger partial charge in [0.1, 0.15) is 0 Å². The molecule has 0 amide bonds. The average molecular weight is 521 g/mol. The van der Waals surface area contributed by atoms with Gasteiger partial charge in [-0.15, -0.1) is 0 Å². The molecule has 0 aromatic heterocycles. The summed E-state index contributed by atoms with van der Waals surface area (Å²) in [6.45, 7) is 21.0. The van der Waals surface area contributed by atoms with Gasteiger partial charge in [-0.2, -0.15) is 0 Å². The predicted molar refractivity (Wildman–Crippen MR) is 155 cm³/mol. The van der Waals surface area contributed by atoms with Crippen LogP contribution in [0.5, 0.6) is 0 Å². The van der Waals surface area contributed by atoms with E-state index in [2.05, 4.69) is 54.6 Å². The monoisotopic (exact) mass is 520 g/mol. The largest absolute Gasteiger partial charge is 0.394 e. The molecular formula is C28H64O4Si2. The van der Waals surface area contributed by atoms with Crippen molar-refractivity contribution < 1.29 is 17.7 Å². The minimum absolute atomic E-state index is 0.857. The van der Waals surface area contributed by atoms with Crippen molar-refractivity contribution in [2.75, 3.05) is 26.4 Å². The Balaban J connectivity index is 0. The molecule has 0 saturated carbocycles. The van der Waals surface area contributed by atoms with Crippen molar-refractivity contribution in [2.45, 2.75) is 157 Å². The van der Waals surface area contributed by atoms with E-state index in [9.17, 15) is 0 Å². The van der Waals surface area contributed by atoms with Gasteiger partial charge in [0, 0.05) is 26.4 Å². The molecule has 0 fully saturated rings. The molecule has 0 aliphatic carbocycles. The quantitative estimate of drug-likeness (QED) is 0.0937. The van der Waals surface area contributed by atoms with Crippen LogP contribution in [0.25, 0.3) is 0 Å². The lowest BCUT2D eigenvalue weighted by molar-refractivity contribution is 0.172. The van der Waals surface area contributed by atoms with Crippen LogP contribution in [0.2, 0.25) is 25.2 Å². The van der Waals surface area contributed by atoms with Crippen LogP contribution in [-0.2, 0) is 17.7 Å². The van der Waals surface area contributed by atoms with E-state index in [-0.39, 0.29) is 0 Å². The molecule has 6 heteroatoms. The Bertz CT molecular complexity index is 367. The second kappa shape index (κ2) is 26.3. The molecule has 0 atom stereocenters. The summed E-state index contributed by atoms with van der Waals surface area (Å²) in [5, 5.41) is 0. The molecule has 0 aliphatic rings. The molecule has 0 rings (SSSR count). The highest BCUT2D eigenvalue weighted by Crippen LogP contribution is 2.20. The molecule has 0 heterocycles. The Morgan fingerprint density at radius 1 is 0.353 bits per heavy atom. The summed E-state index contributed by atoms with van der Waals surface area (Å²) in [6.07, 6.45) is 17.8. The van der Waals surface area contributed by atoms with Crippen molar-refractivity contribution in [3.63, 3.8) is 0 Å². The highest BCUT2D eigenvalue weighted by molar-refractivity contribution is 6.66. The molecule has 0 unspecified atom stereocenters. The van der Waals surface area contributed by atoms with Crippen molar-refractivity contribution >= 4 is 17.1 Å². The molecule has 4 nitrogen and oxygen atoms in total. The van der Waals surface area contributed by atoms with E-state index in [1.165, 1.54) is 70.3 Å². The van der Waals surface area contributed by atoms with Crippen LogP contribution in [0.3, 0.4) is 0 Å². The standard InChI is InChI=1S/C17H38O2Si.C11H26O2Si/c1-5-8-9-10-11-12-13-14-17-20(4,18-15-6-2)19-16-7-3;1-5-8-11-14(4,12-9-6-2)13-10-7-3/h5-17H2,1-4H3;5-11H2,1-4H3. The lowest BCUT2D eigenvalue weighted by Crippen LogP contribution is -2.39. The first kappa shape index (κ1) is 36.4. The van der Waals surface area contributed by atoms with Gasteiger partial charge in [-0.1, -0.05) is 106 Å². The Labute approximate surface area is 217 Å². The predicted octanol–water partition coefficient (Wildman–Crippen LogP) is 9.76. The molecule has 0 aromatic carbocycles. The Kier molecular flexibility index (Phi) is 28.2. The van der Waals surface area contributed by atoms with Gasteiger partial charge < -0.3 is 17.7 Å². The lowest BCUT2D eigenvalue weighted by atomic mass is 10.1. The summed E-state index contributed by atoms with van der Waals surface area (Å²) in [7, 11) is -3.68. The molecule has 0 radical (unpaired) electrons. The second-order valence-electron chi connectivity index (χ2n) is 9.99. The minimum Gasteiger partial charge on any atom is -0.394 e. The van der Waals surface area contributed by atoms with Crippen LogP contribution >= 0.6 is 0 Å². The first-order valence-corrected chi connectivity index (χ1v) is 20.0. The molecule has 34 heavy (non-hydrogen) atoms. The maximum absolute atomic E-state index is 6.06. The molecule has 208 valence electrons. The second-order valence-corrected chi connectivity index (χ2v) is 16.7. The molecule has 0 spiro atoms. The summed E-state index contributed by atoms with van der Waals surface area (Å²) in [6, 6.07) is 2.31. The molecular weight excluding hydrogens is 456 g/mol. The van der Waals surface area contributed by atoms with Crippen LogP contribution in [0, 0.1) is 0 Å². The van der Waals surface area contributed by atoms with Gasteiger partial charge in [-0.25, -0.2) is 0 Å². The third-order valence-corrected chi connectivity index (χ3v) is 11.7. The Morgan fingerprint density at radius 2 is 0.647 bits per heavy atom. The van der Waals surface area contributed by atoms with Crippen LogP contribution in [-0.4, -0.2) is 43.5 Å². The van der Waals surface area contributed by atoms with Crippen LogP contribution in [0.1, 0.15) is 131 Å². The van der Waals surface area contributed by atoms with Gasteiger partial charge in [0.25, 0.3) is 0 Å². The molecule has 0 aliphatic heterocycles. The summed E-state index contributed by atoms with van der Waals surface area (Å²) >= 11 is 0. The van der Waals surface area contributed by atoms with E-state index < -0.39 is 17.1 Å². The Hall–Kier alpha value is 0.274. The SMILES string of the molecule is CCCCCCCCCC[Si](C)(OCCC)OCCC.CCCC[Si](C)(OCCC)OCCC. The average Bonchev–Trinajstić information content (AvgIpc) is 2.85. The van der Waals surface area contributed by atoms with Gasteiger partial charge >= 0.3 is 17.1 Å². The van der Waals surface area contributed by atoms with Crippen molar-refractivity contribution in [3.05, 3.63) is 0 Å². The topological polar surface area (TPSA) is 36.9 Å². The fourth-order valence-electron chi connectivity index (χ4n) is 3.72.